The first-order valence-corrected chi connectivity index (χ1v) is 9.38. The quantitative estimate of drug-likeness (QED) is 0.607. The van der Waals surface area contributed by atoms with E-state index in [2.05, 4.69) is 52.2 Å². The van der Waals surface area contributed by atoms with Gasteiger partial charge in [0.05, 0.1) is 5.39 Å². The van der Waals surface area contributed by atoms with Gasteiger partial charge in [-0.1, -0.05) is 45.2 Å². The molecule has 0 bridgehead atoms. The van der Waals surface area contributed by atoms with Crippen molar-refractivity contribution in [2.24, 2.45) is 0 Å². The summed E-state index contributed by atoms with van der Waals surface area (Å²) in [6.07, 6.45) is 10.2. The number of carbonyl (C=O) groups is 1. The summed E-state index contributed by atoms with van der Waals surface area (Å²) in [5.41, 5.74) is 2.66. The third-order valence-corrected chi connectivity index (χ3v) is 5.01. The van der Waals surface area contributed by atoms with Crippen LogP contribution in [0.3, 0.4) is 0 Å². The van der Waals surface area contributed by atoms with Gasteiger partial charge in [0.2, 0.25) is 0 Å². The highest BCUT2D eigenvalue weighted by Gasteiger charge is 2.25. The van der Waals surface area contributed by atoms with Crippen LogP contribution in [-0.2, 0) is 4.79 Å². The van der Waals surface area contributed by atoms with Crippen molar-refractivity contribution in [3.63, 3.8) is 0 Å². The van der Waals surface area contributed by atoms with Crippen LogP contribution in [0.5, 0.6) is 0 Å². The van der Waals surface area contributed by atoms with Crippen molar-refractivity contribution < 1.29 is 4.79 Å². The molecule has 27 heavy (non-hydrogen) atoms. The van der Waals surface area contributed by atoms with Crippen LogP contribution in [-0.4, -0.2) is 40.0 Å². The maximum atomic E-state index is 12.3. The molecule has 2 aromatic heterocycles. The molecule has 6 heteroatoms. The largest absolute Gasteiger partial charge is 0.356 e. The van der Waals surface area contributed by atoms with Crippen molar-refractivity contribution in [2.45, 2.75) is 38.6 Å². The van der Waals surface area contributed by atoms with Crippen LogP contribution in [0.1, 0.15) is 38.2 Å². The molecule has 3 rings (SSSR count). The number of anilines is 1. The number of fused-ring (bicyclic) bond motifs is 1. The molecule has 0 saturated carbocycles. The van der Waals surface area contributed by atoms with Gasteiger partial charge in [0.15, 0.2) is 0 Å². The fourth-order valence-electron chi connectivity index (χ4n) is 3.53. The Morgan fingerprint density at radius 3 is 2.70 bits per heavy atom. The average molecular weight is 365 g/mol. The van der Waals surface area contributed by atoms with E-state index < -0.39 is 0 Å². The lowest BCUT2D eigenvalue weighted by Gasteiger charge is -2.33. The van der Waals surface area contributed by atoms with E-state index >= 15 is 0 Å². The second kappa shape index (κ2) is 8.20. The summed E-state index contributed by atoms with van der Waals surface area (Å²) in [6, 6.07) is 0.148. The lowest BCUT2D eigenvalue weighted by atomic mass is 10.0. The Hall–Kier alpha value is -2.89. The third kappa shape index (κ3) is 3.94. The van der Waals surface area contributed by atoms with E-state index in [1.54, 1.807) is 24.6 Å². The highest BCUT2D eigenvalue weighted by atomic mass is 16.1. The monoisotopic (exact) mass is 365 g/mol. The Morgan fingerprint density at radius 2 is 2.07 bits per heavy atom. The molecule has 1 amide bonds. The molecule has 3 heterocycles. The van der Waals surface area contributed by atoms with Gasteiger partial charge in [0, 0.05) is 30.9 Å². The normalized spacial score (nSPS) is 16.0. The number of carbonyl (C=O) groups excluding carboxylic acids is 1. The van der Waals surface area contributed by atoms with Gasteiger partial charge in [-0.05, 0) is 24.3 Å². The molecule has 0 unspecified atom stereocenters. The molecule has 1 aliphatic heterocycles. The summed E-state index contributed by atoms with van der Waals surface area (Å²) in [5, 5.41) is 4.21. The lowest BCUT2D eigenvalue weighted by molar-refractivity contribution is -0.118. The van der Waals surface area contributed by atoms with E-state index in [1.807, 2.05) is 6.20 Å². The van der Waals surface area contributed by atoms with E-state index in [9.17, 15) is 4.79 Å². The molecule has 2 aromatic rings. The molecule has 142 valence electrons. The van der Waals surface area contributed by atoms with Crippen molar-refractivity contribution in [3.05, 3.63) is 55.0 Å². The smallest absolute Gasteiger partial charge is 0.251 e. The molecule has 1 aliphatic rings. The fraction of sp³-hybridized carbons (Fsp3) is 0.381. The standard InChI is InChI=1S/C21H27N5O/c1-5-7-15(6-2)21(27)25-16-8-10-26(11-9-16)20-18-17(14(3)4)12-22-19(18)23-13-24-20/h5-7,12-14,16H,1-2,8-11H2,3-4H3,(H,25,27)(H,22,23,24)/b15-7+. The predicted molar refractivity (Wildman–Crippen MR) is 110 cm³/mol. The summed E-state index contributed by atoms with van der Waals surface area (Å²) < 4.78 is 0. The van der Waals surface area contributed by atoms with E-state index in [-0.39, 0.29) is 11.9 Å². The molecule has 0 radical (unpaired) electrons. The number of rotatable bonds is 6. The molecular formula is C21H27N5O. The number of H-pyrrole nitrogens is 1. The summed E-state index contributed by atoms with van der Waals surface area (Å²) in [4.78, 5) is 26.8. The number of aromatic amines is 1. The van der Waals surface area contributed by atoms with Crippen LogP contribution < -0.4 is 10.2 Å². The zero-order chi connectivity index (χ0) is 19.4. The molecule has 0 aromatic carbocycles. The van der Waals surface area contributed by atoms with Gasteiger partial charge >= 0.3 is 0 Å². The first-order chi connectivity index (χ1) is 13.0. The van der Waals surface area contributed by atoms with Crippen LogP contribution in [0, 0.1) is 0 Å². The molecule has 1 fully saturated rings. The lowest BCUT2D eigenvalue weighted by Crippen LogP contribution is -2.45. The van der Waals surface area contributed by atoms with Gasteiger partial charge in [0.25, 0.3) is 5.91 Å². The first-order valence-electron chi connectivity index (χ1n) is 9.38. The Labute approximate surface area is 160 Å². The van der Waals surface area contributed by atoms with Crippen molar-refractivity contribution in [3.8, 4) is 0 Å². The summed E-state index contributed by atoms with van der Waals surface area (Å²) >= 11 is 0. The Bertz CT molecular complexity index is 872. The van der Waals surface area contributed by atoms with Crippen molar-refractivity contribution >= 4 is 22.8 Å². The van der Waals surface area contributed by atoms with Crippen LogP contribution in [0.2, 0.25) is 0 Å². The van der Waals surface area contributed by atoms with Crippen molar-refractivity contribution in [2.75, 3.05) is 18.0 Å². The SMILES string of the molecule is C=C/C=C(\C=C)C(=O)NC1CCN(c2ncnc3[nH]cc(C(C)C)c23)CC1. The highest BCUT2D eigenvalue weighted by molar-refractivity contribution is 5.96. The highest BCUT2D eigenvalue weighted by Crippen LogP contribution is 2.32. The fourth-order valence-corrected chi connectivity index (χ4v) is 3.53. The average Bonchev–Trinajstić information content (AvgIpc) is 3.11. The Balaban J connectivity index is 1.71. The molecule has 0 aliphatic carbocycles. The molecule has 6 nitrogen and oxygen atoms in total. The van der Waals surface area contributed by atoms with E-state index in [0.717, 1.165) is 42.8 Å². The number of hydrogen-bond acceptors (Lipinski definition) is 4. The zero-order valence-corrected chi connectivity index (χ0v) is 16.0. The van der Waals surface area contributed by atoms with Gasteiger partial charge in [-0.25, -0.2) is 9.97 Å². The second-order valence-corrected chi connectivity index (χ2v) is 7.12. The van der Waals surface area contributed by atoms with Crippen LogP contribution in [0.25, 0.3) is 11.0 Å². The Kier molecular flexibility index (Phi) is 5.74. The Morgan fingerprint density at radius 1 is 1.33 bits per heavy atom. The van der Waals surface area contributed by atoms with Crippen LogP contribution in [0.15, 0.2) is 49.5 Å². The maximum absolute atomic E-state index is 12.3. The molecular weight excluding hydrogens is 338 g/mol. The van der Waals surface area contributed by atoms with Gasteiger partial charge in [-0.3, -0.25) is 4.79 Å². The number of aromatic nitrogens is 3. The molecule has 2 N–H and O–H groups in total. The summed E-state index contributed by atoms with van der Waals surface area (Å²) in [7, 11) is 0. The number of piperidine rings is 1. The number of allylic oxidation sites excluding steroid dienone is 2. The molecule has 0 spiro atoms. The van der Waals surface area contributed by atoms with E-state index in [4.69, 9.17) is 0 Å². The van der Waals surface area contributed by atoms with Crippen LogP contribution in [0.4, 0.5) is 5.82 Å². The number of nitrogens with one attached hydrogen (secondary N) is 2. The van der Waals surface area contributed by atoms with Crippen molar-refractivity contribution in [1.29, 1.82) is 0 Å². The van der Waals surface area contributed by atoms with Gasteiger partial charge in [-0.2, -0.15) is 0 Å². The minimum Gasteiger partial charge on any atom is -0.356 e. The zero-order valence-electron chi connectivity index (χ0n) is 16.0. The minimum atomic E-state index is -0.0968. The first kappa shape index (κ1) is 18.9. The number of nitrogens with zero attached hydrogens (tertiary/aromatic N) is 3. The summed E-state index contributed by atoms with van der Waals surface area (Å²) in [5.74, 6) is 1.28. The third-order valence-electron chi connectivity index (χ3n) is 5.01. The van der Waals surface area contributed by atoms with Gasteiger partial charge in [0.1, 0.15) is 17.8 Å². The number of amides is 1. The van der Waals surface area contributed by atoms with Crippen molar-refractivity contribution in [1.82, 2.24) is 20.3 Å². The van der Waals surface area contributed by atoms with Gasteiger partial charge in [-0.15, -0.1) is 0 Å². The van der Waals surface area contributed by atoms with E-state index in [0.29, 0.717) is 11.5 Å². The minimum absolute atomic E-state index is 0.0968. The number of hydrogen-bond donors (Lipinski definition) is 2. The maximum Gasteiger partial charge on any atom is 0.251 e. The molecule has 0 atom stereocenters. The predicted octanol–water partition coefficient (Wildman–Crippen LogP) is 3.46. The molecule has 1 saturated heterocycles. The van der Waals surface area contributed by atoms with Gasteiger partial charge < -0.3 is 15.2 Å². The topological polar surface area (TPSA) is 73.9 Å². The second-order valence-electron chi connectivity index (χ2n) is 7.12. The summed E-state index contributed by atoms with van der Waals surface area (Å²) in [6.45, 7) is 13.4. The van der Waals surface area contributed by atoms with E-state index in [1.165, 1.54) is 5.56 Å². The van der Waals surface area contributed by atoms with Crippen LogP contribution >= 0.6 is 0 Å².